The summed E-state index contributed by atoms with van der Waals surface area (Å²) in [5, 5.41) is 14.5. The number of morpholine rings is 1. The van der Waals surface area contributed by atoms with Crippen molar-refractivity contribution in [1.82, 2.24) is 20.2 Å². The minimum atomic E-state index is -4.82. The lowest BCUT2D eigenvalue weighted by molar-refractivity contribution is -0.0328. The lowest BCUT2D eigenvalue weighted by Crippen LogP contribution is -2.51. The zero-order valence-electron chi connectivity index (χ0n) is 27.4. The number of nitrogens with zero attached hydrogens (tertiary/aromatic N) is 4. The lowest BCUT2D eigenvalue weighted by Gasteiger charge is -2.34. The Labute approximate surface area is 294 Å². The van der Waals surface area contributed by atoms with Crippen LogP contribution in [0, 0.1) is 29.4 Å². The molecule has 8 nitrogen and oxygen atoms in total. The Kier molecular flexibility index (Phi) is 7.81. The fraction of sp³-hybridized carbons (Fsp3) is 0.459. The molecule has 9 rings (SSSR count). The fourth-order valence-electron chi connectivity index (χ4n) is 8.51. The molecule has 0 amide bonds. The van der Waals surface area contributed by atoms with Gasteiger partial charge in [0.25, 0.3) is 0 Å². The molecule has 4 atom stereocenters. The number of aromatic nitrogens is 2. The number of alkyl halides is 3. The van der Waals surface area contributed by atoms with Crippen molar-refractivity contribution in [1.29, 1.82) is 0 Å². The zero-order chi connectivity index (χ0) is 35.2. The van der Waals surface area contributed by atoms with Gasteiger partial charge in [-0.25, -0.2) is 8.78 Å². The molecule has 3 aromatic carbocycles. The summed E-state index contributed by atoms with van der Waals surface area (Å²) in [6, 6.07) is 6.71. The van der Waals surface area contributed by atoms with Gasteiger partial charge < -0.3 is 24.8 Å². The first-order valence-electron chi connectivity index (χ1n) is 17.2. The number of phenolic OH excluding ortho intramolecular Hbond substituents is 1. The molecule has 1 saturated carbocycles. The molecule has 0 spiro atoms. The molecule has 4 aliphatic heterocycles. The molecule has 4 aromatic rings. The Morgan fingerprint density at radius 1 is 1.10 bits per heavy atom. The summed E-state index contributed by atoms with van der Waals surface area (Å²) in [4.78, 5) is 13.2. The number of hydrogen-bond donors (Lipinski definition) is 2. The molecule has 5 heterocycles. The number of piperazine rings is 1. The topological polar surface area (TPSA) is 83.0 Å². The van der Waals surface area contributed by atoms with E-state index in [1.54, 1.807) is 0 Å². The standard InChI is InChI=1S/C37H34F5N5O3S/c1-2-25-28(38)6-3-19-9-23(48)11-26(30(19)25)31-29(51-37(40,41)42)12-27-33(32(31)39)44-35(45-34(27)46-13-20-4-5-21(14-46)43-20)50-18-36(7-8-36)17-47-15-24-10-22(47)16-49-24/h1,3,6,9,11-12,20-22,24,43,48H,4-5,7-8,10,13-18H2/t20?,21?,22-,24-/m0/s1. The largest absolute Gasteiger partial charge is 0.508 e. The molecular weight excluding hydrogens is 689 g/mol. The average Bonchev–Trinajstić information content (AvgIpc) is 3.34. The molecule has 14 heteroatoms. The first kappa shape index (κ1) is 33.0. The van der Waals surface area contributed by atoms with Gasteiger partial charge in [0.2, 0.25) is 0 Å². The van der Waals surface area contributed by atoms with Crippen LogP contribution in [0.2, 0.25) is 0 Å². The number of benzene rings is 3. The van der Waals surface area contributed by atoms with E-state index in [1.807, 2.05) is 4.90 Å². The molecule has 4 saturated heterocycles. The number of hydrogen-bond acceptors (Lipinski definition) is 9. The van der Waals surface area contributed by atoms with E-state index in [1.165, 1.54) is 18.2 Å². The maximum absolute atomic E-state index is 17.3. The van der Waals surface area contributed by atoms with Crippen molar-refractivity contribution in [3.05, 3.63) is 47.5 Å². The van der Waals surface area contributed by atoms with Gasteiger partial charge in [0.05, 0.1) is 24.9 Å². The second kappa shape index (κ2) is 12.1. The summed E-state index contributed by atoms with van der Waals surface area (Å²) in [6.07, 6.45) is 10.8. The van der Waals surface area contributed by atoms with E-state index in [2.05, 4.69) is 21.1 Å². The van der Waals surface area contributed by atoms with Crippen LogP contribution < -0.4 is 15.0 Å². The number of anilines is 1. The van der Waals surface area contributed by atoms with Gasteiger partial charge in [-0.3, -0.25) is 4.90 Å². The first-order chi connectivity index (χ1) is 24.5. The first-order valence-corrected chi connectivity index (χ1v) is 18.0. The number of likely N-dealkylation sites (tertiary alicyclic amines) is 1. The normalized spacial score (nSPS) is 25.2. The molecule has 5 aliphatic rings. The third-order valence-electron chi connectivity index (χ3n) is 11.1. The van der Waals surface area contributed by atoms with Crippen LogP contribution >= 0.6 is 11.8 Å². The Hall–Kier alpha value is -3.90. The third kappa shape index (κ3) is 6.01. The molecule has 1 aromatic heterocycles. The lowest BCUT2D eigenvalue weighted by atomic mass is 9.93. The van der Waals surface area contributed by atoms with E-state index < -0.39 is 39.4 Å². The van der Waals surface area contributed by atoms with Gasteiger partial charge in [-0.2, -0.15) is 23.1 Å². The molecule has 5 fully saturated rings. The van der Waals surface area contributed by atoms with Gasteiger partial charge in [-0.15, -0.1) is 6.42 Å². The van der Waals surface area contributed by atoms with E-state index >= 15 is 8.78 Å². The molecule has 0 radical (unpaired) electrons. The van der Waals surface area contributed by atoms with Gasteiger partial charge in [0.1, 0.15) is 22.9 Å². The van der Waals surface area contributed by atoms with Crippen LogP contribution in [0.4, 0.5) is 27.8 Å². The quantitative estimate of drug-likeness (QED) is 0.119. The molecular formula is C37H34F5N5O3S. The highest BCUT2D eigenvalue weighted by Gasteiger charge is 2.49. The molecule has 51 heavy (non-hydrogen) atoms. The number of thioether (sulfide) groups is 1. The van der Waals surface area contributed by atoms with E-state index in [9.17, 15) is 18.3 Å². The number of nitrogens with one attached hydrogen (secondary N) is 1. The van der Waals surface area contributed by atoms with Crippen LogP contribution in [0.3, 0.4) is 0 Å². The van der Waals surface area contributed by atoms with Gasteiger partial charge >= 0.3 is 11.5 Å². The second-order valence-electron chi connectivity index (χ2n) is 14.6. The number of rotatable bonds is 8. The Balaban J connectivity index is 1.20. The molecule has 4 bridgehead atoms. The van der Waals surface area contributed by atoms with Crippen LogP contribution in [0.1, 0.15) is 37.7 Å². The van der Waals surface area contributed by atoms with Gasteiger partial charge in [0.15, 0.2) is 5.82 Å². The van der Waals surface area contributed by atoms with E-state index in [0.29, 0.717) is 25.7 Å². The summed E-state index contributed by atoms with van der Waals surface area (Å²) < 4.78 is 87.1. The van der Waals surface area contributed by atoms with Crippen molar-refractivity contribution in [3.63, 3.8) is 0 Å². The SMILES string of the molecule is C#Cc1c(F)ccc2cc(O)cc(-c3c(SC(F)(F)F)cc4c(N5CC6CCC(C5)N6)nc(OCC5(CN6C[C@@H]7C[C@H]6CO7)CC5)nc4c3F)c12. The van der Waals surface area contributed by atoms with Crippen molar-refractivity contribution < 1.29 is 36.5 Å². The van der Waals surface area contributed by atoms with Crippen molar-refractivity contribution in [2.24, 2.45) is 5.41 Å². The Bertz CT molecular complexity index is 2110. The number of terminal acetylenes is 1. The number of fused-ring (bicyclic) bond motifs is 6. The molecule has 1 aliphatic carbocycles. The number of aromatic hydroxyl groups is 1. The summed E-state index contributed by atoms with van der Waals surface area (Å²) in [5.41, 5.74) is -6.12. The van der Waals surface area contributed by atoms with Crippen molar-refractivity contribution in [3.8, 4) is 35.2 Å². The minimum absolute atomic E-state index is 0.00121. The number of phenols is 1. The van der Waals surface area contributed by atoms with Gasteiger partial charge in [-0.1, -0.05) is 12.0 Å². The molecule has 266 valence electrons. The maximum atomic E-state index is 17.3. The maximum Gasteiger partial charge on any atom is 0.446 e. The summed E-state index contributed by atoms with van der Waals surface area (Å²) in [7, 11) is 0. The van der Waals surface area contributed by atoms with Crippen molar-refractivity contribution in [2.45, 2.75) is 66.7 Å². The second-order valence-corrected chi connectivity index (χ2v) is 15.7. The zero-order valence-corrected chi connectivity index (χ0v) is 28.2. The van der Waals surface area contributed by atoms with E-state index in [-0.39, 0.29) is 74.0 Å². The fourth-order valence-corrected chi connectivity index (χ4v) is 9.24. The van der Waals surface area contributed by atoms with E-state index in [0.717, 1.165) is 63.9 Å². The highest BCUT2D eigenvalue weighted by atomic mass is 32.2. The average molecular weight is 724 g/mol. The smallest absolute Gasteiger partial charge is 0.446 e. The Morgan fingerprint density at radius 2 is 1.88 bits per heavy atom. The monoisotopic (exact) mass is 723 g/mol. The minimum Gasteiger partial charge on any atom is -0.508 e. The molecule has 2 N–H and O–H groups in total. The predicted octanol–water partition coefficient (Wildman–Crippen LogP) is 6.60. The molecule has 2 unspecified atom stereocenters. The summed E-state index contributed by atoms with van der Waals surface area (Å²) in [6.45, 7) is 3.81. The van der Waals surface area contributed by atoms with Crippen molar-refractivity contribution >= 4 is 39.3 Å². The van der Waals surface area contributed by atoms with Crippen LogP contribution in [-0.4, -0.2) is 89.1 Å². The van der Waals surface area contributed by atoms with Crippen LogP contribution in [0.15, 0.2) is 35.2 Å². The highest BCUT2D eigenvalue weighted by molar-refractivity contribution is 8.00. The summed E-state index contributed by atoms with van der Waals surface area (Å²) >= 11 is -0.500. The van der Waals surface area contributed by atoms with Crippen LogP contribution in [0.5, 0.6) is 11.8 Å². The predicted molar refractivity (Wildman–Crippen MR) is 183 cm³/mol. The van der Waals surface area contributed by atoms with Crippen LogP contribution in [-0.2, 0) is 4.74 Å². The van der Waals surface area contributed by atoms with Gasteiger partial charge in [-0.05, 0) is 79.1 Å². The number of halogens is 5. The van der Waals surface area contributed by atoms with E-state index in [4.69, 9.17) is 20.9 Å². The van der Waals surface area contributed by atoms with Crippen LogP contribution in [0.25, 0.3) is 32.8 Å². The Morgan fingerprint density at radius 3 is 2.55 bits per heavy atom. The third-order valence-corrected chi connectivity index (χ3v) is 11.9. The van der Waals surface area contributed by atoms with Gasteiger partial charge in [0, 0.05) is 71.0 Å². The van der Waals surface area contributed by atoms with Crippen molar-refractivity contribution in [2.75, 3.05) is 44.3 Å². The summed E-state index contributed by atoms with van der Waals surface area (Å²) in [5.74, 6) is 0.306. The number of ether oxygens (including phenoxy) is 2. The highest BCUT2D eigenvalue weighted by Crippen LogP contribution is 2.50.